The third-order valence-electron chi connectivity index (χ3n) is 2.61. The van der Waals surface area contributed by atoms with Crippen molar-refractivity contribution in [1.29, 1.82) is 0 Å². The molecule has 1 amide bonds. The van der Waals surface area contributed by atoms with Crippen molar-refractivity contribution in [3.05, 3.63) is 11.8 Å². The van der Waals surface area contributed by atoms with E-state index in [4.69, 9.17) is 4.74 Å². The fourth-order valence-corrected chi connectivity index (χ4v) is 1.73. The van der Waals surface area contributed by atoms with Crippen LogP contribution in [-0.2, 0) is 9.53 Å². The van der Waals surface area contributed by atoms with E-state index < -0.39 is 0 Å². The van der Waals surface area contributed by atoms with E-state index in [9.17, 15) is 4.79 Å². The Labute approximate surface area is 85.5 Å². The van der Waals surface area contributed by atoms with Gasteiger partial charge in [0.05, 0.1) is 12.9 Å². The molecule has 3 heteroatoms. The Bertz CT molecular complexity index is 217. The highest BCUT2D eigenvalue weighted by Gasteiger charge is 2.14. The van der Waals surface area contributed by atoms with Crippen molar-refractivity contribution in [2.45, 2.75) is 45.1 Å². The van der Waals surface area contributed by atoms with Gasteiger partial charge in [-0.1, -0.05) is 19.3 Å². The van der Waals surface area contributed by atoms with E-state index in [1.54, 1.807) is 14.0 Å². The van der Waals surface area contributed by atoms with Gasteiger partial charge in [0, 0.05) is 12.1 Å². The number of amides is 1. The average molecular weight is 197 g/mol. The number of hydrogen-bond acceptors (Lipinski definition) is 2. The van der Waals surface area contributed by atoms with E-state index in [-0.39, 0.29) is 5.91 Å². The average Bonchev–Trinajstić information content (AvgIpc) is 2.19. The highest BCUT2D eigenvalue weighted by Crippen LogP contribution is 2.17. The number of hydrogen-bond donors (Lipinski definition) is 1. The maximum Gasteiger partial charge on any atom is 0.247 e. The van der Waals surface area contributed by atoms with Crippen LogP contribution in [0.1, 0.15) is 39.0 Å². The summed E-state index contributed by atoms with van der Waals surface area (Å²) in [6.07, 6.45) is 7.51. The minimum atomic E-state index is -0.0312. The Morgan fingerprint density at radius 1 is 1.36 bits per heavy atom. The Kier molecular flexibility index (Phi) is 4.50. The molecule has 1 fully saturated rings. The predicted octanol–water partition coefficient (Wildman–Crippen LogP) is 1.99. The molecule has 1 rings (SSSR count). The minimum absolute atomic E-state index is 0.0312. The SMILES string of the molecule is COC(C)=CC(=O)NC1CCCCC1. The van der Waals surface area contributed by atoms with E-state index in [1.807, 2.05) is 0 Å². The quantitative estimate of drug-likeness (QED) is 0.555. The highest BCUT2D eigenvalue weighted by atomic mass is 16.5. The summed E-state index contributed by atoms with van der Waals surface area (Å²) < 4.78 is 4.91. The van der Waals surface area contributed by atoms with Crippen LogP contribution in [0.5, 0.6) is 0 Å². The molecule has 0 aromatic rings. The van der Waals surface area contributed by atoms with E-state index in [0.29, 0.717) is 11.8 Å². The Morgan fingerprint density at radius 3 is 2.57 bits per heavy atom. The Morgan fingerprint density at radius 2 is 2.00 bits per heavy atom. The Hall–Kier alpha value is -0.990. The number of nitrogens with one attached hydrogen (secondary N) is 1. The van der Waals surface area contributed by atoms with Crippen molar-refractivity contribution >= 4 is 5.91 Å². The fourth-order valence-electron chi connectivity index (χ4n) is 1.73. The topological polar surface area (TPSA) is 38.3 Å². The van der Waals surface area contributed by atoms with Crippen molar-refractivity contribution < 1.29 is 9.53 Å². The number of methoxy groups -OCH3 is 1. The molecule has 1 aliphatic carbocycles. The second-order valence-electron chi connectivity index (χ2n) is 3.80. The van der Waals surface area contributed by atoms with Crippen molar-refractivity contribution in [3.63, 3.8) is 0 Å². The Balaban J connectivity index is 2.32. The summed E-state index contributed by atoms with van der Waals surface area (Å²) in [5.41, 5.74) is 0. The van der Waals surface area contributed by atoms with Crippen LogP contribution in [0.4, 0.5) is 0 Å². The van der Waals surface area contributed by atoms with Gasteiger partial charge in [0.25, 0.3) is 0 Å². The first-order chi connectivity index (χ1) is 6.72. The van der Waals surface area contributed by atoms with Crippen molar-refractivity contribution in [1.82, 2.24) is 5.32 Å². The van der Waals surface area contributed by atoms with Gasteiger partial charge in [0.1, 0.15) is 0 Å². The van der Waals surface area contributed by atoms with Crippen LogP contribution >= 0.6 is 0 Å². The lowest BCUT2D eigenvalue weighted by Gasteiger charge is -2.22. The van der Waals surface area contributed by atoms with E-state index in [1.165, 1.54) is 25.3 Å². The van der Waals surface area contributed by atoms with Gasteiger partial charge < -0.3 is 10.1 Å². The molecule has 1 saturated carbocycles. The summed E-state index contributed by atoms with van der Waals surface area (Å²) in [5, 5.41) is 2.99. The van der Waals surface area contributed by atoms with Crippen LogP contribution in [0, 0.1) is 0 Å². The first-order valence-electron chi connectivity index (χ1n) is 5.25. The molecule has 0 aliphatic heterocycles. The molecule has 0 aromatic carbocycles. The van der Waals surface area contributed by atoms with E-state index in [0.717, 1.165) is 12.8 Å². The monoisotopic (exact) mass is 197 g/mol. The van der Waals surface area contributed by atoms with Gasteiger partial charge >= 0.3 is 0 Å². The van der Waals surface area contributed by atoms with E-state index >= 15 is 0 Å². The molecule has 0 radical (unpaired) electrons. The molecule has 0 aromatic heterocycles. The van der Waals surface area contributed by atoms with Crippen molar-refractivity contribution in [2.24, 2.45) is 0 Å². The lowest BCUT2D eigenvalue weighted by molar-refractivity contribution is -0.117. The summed E-state index contributed by atoms with van der Waals surface area (Å²) in [7, 11) is 1.57. The standard InChI is InChI=1S/C11H19NO2/c1-9(14-2)8-11(13)12-10-6-4-3-5-7-10/h8,10H,3-7H2,1-2H3,(H,12,13). The number of rotatable bonds is 3. The van der Waals surface area contributed by atoms with Gasteiger partial charge in [0.15, 0.2) is 0 Å². The molecule has 1 aliphatic rings. The predicted molar refractivity (Wildman–Crippen MR) is 55.8 cm³/mol. The van der Waals surface area contributed by atoms with E-state index in [2.05, 4.69) is 5.32 Å². The second-order valence-corrected chi connectivity index (χ2v) is 3.80. The first-order valence-corrected chi connectivity index (χ1v) is 5.25. The summed E-state index contributed by atoms with van der Waals surface area (Å²) in [4.78, 5) is 11.4. The van der Waals surface area contributed by atoms with Crippen LogP contribution in [-0.4, -0.2) is 19.1 Å². The largest absolute Gasteiger partial charge is 0.501 e. The van der Waals surface area contributed by atoms with Gasteiger partial charge in [-0.25, -0.2) is 0 Å². The van der Waals surface area contributed by atoms with Gasteiger partial charge in [-0.3, -0.25) is 4.79 Å². The maximum absolute atomic E-state index is 11.4. The number of carbonyl (C=O) groups excluding carboxylic acids is 1. The molecular formula is C11H19NO2. The molecule has 0 saturated heterocycles. The second kappa shape index (κ2) is 5.68. The normalized spacial score (nSPS) is 19.1. The number of carbonyl (C=O) groups is 1. The highest BCUT2D eigenvalue weighted by molar-refractivity contribution is 5.88. The van der Waals surface area contributed by atoms with Gasteiger partial charge in [-0.2, -0.15) is 0 Å². The number of allylic oxidation sites excluding steroid dienone is 1. The first kappa shape index (κ1) is 11.1. The lowest BCUT2D eigenvalue weighted by atomic mass is 9.95. The molecule has 0 unspecified atom stereocenters. The van der Waals surface area contributed by atoms with Crippen LogP contribution in [0.15, 0.2) is 11.8 Å². The molecule has 0 heterocycles. The van der Waals surface area contributed by atoms with Gasteiger partial charge in [-0.15, -0.1) is 0 Å². The molecule has 80 valence electrons. The maximum atomic E-state index is 11.4. The molecule has 14 heavy (non-hydrogen) atoms. The van der Waals surface area contributed by atoms with Crippen LogP contribution in [0.25, 0.3) is 0 Å². The third-order valence-corrected chi connectivity index (χ3v) is 2.61. The lowest BCUT2D eigenvalue weighted by Crippen LogP contribution is -2.35. The van der Waals surface area contributed by atoms with Gasteiger partial charge in [-0.05, 0) is 19.8 Å². The zero-order chi connectivity index (χ0) is 10.4. The minimum Gasteiger partial charge on any atom is -0.501 e. The fraction of sp³-hybridized carbons (Fsp3) is 0.727. The summed E-state index contributed by atoms with van der Waals surface area (Å²) in [6, 6.07) is 0.372. The molecule has 0 spiro atoms. The molecule has 3 nitrogen and oxygen atoms in total. The van der Waals surface area contributed by atoms with Crippen LogP contribution in [0.2, 0.25) is 0 Å². The van der Waals surface area contributed by atoms with Crippen LogP contribution < -0.4 is 5.32 Å². The van der Waals surface area contributed by atoms with Crippen molar-refractivity contribution in [3.8, 4) is 0 Å². The zero-order valence-electron chi connectivity index (χ0n) is 9.01. The molecule has 1 N–H and O–H groups in total. The summed E-state index contributed by atoms with van der Waals surface area (Å²) in [5.74, 6) is 0.620. The summed E-state index contributed by atoms with van der Waals surface area (Å²) >= 11 is 0. The zero-order valence-corrected chi connectivity index (χ0v) is 9.01. The molecule has 0 bridgehead atoms. The van der Waals surface area contributed by atoms with Crippen molar-refractivity contribution in [2.75, 3.05) is 7.11 Å². The molecule has 0 atom stereocenters. The third kappa shape index (κ3) is 3.81. The van der Waals surface area contributed by atoms with Crippen LogP contribution in [0.3, 0.4) is 0 Å². The van der Waals surface area contributed by atoms with Gasteiger partial charge in [0.2, 0.25) is 5.91 Å². The number of ether oxygens (including phenoxy) is 1. The summed E-state index contributed by atoms with van der Waals surface area (Å²) in [6.45, 7) is 1.78. The molecular weight excluding hydrogens is 178 g/mol. The smallest absolute Gasteiger partial charge is 0.247 e.